The highest BCUT2D eigenvalue weighted by Crippen LogP contribution is 2.29. The lowest BCUT2D eigenvalue weighted by Gasteiger charge is -2.01. The van der Waals surface area contributed by atoms with Crippen LogP contribution in [0.3, 0.4) is 0 Å². The van der Waals surface area contributed by atoms with Crippen LogP contribution in [0.4, 0.5) is 0 Å². The topological polar surface area (TPSA) is 54.7 Å². The average Bonchev–Trinajstić information content (AvgIpc) is 2.92. The zero-order valence-corrected chi connectivity index (χ0v) is 12.3. The minimum atomic E-state index is 0.834. The first kappa shape index (κ1) is 11.7. The maximum Gasteiger partial charge on any atom is 0.141 e. The molecule has 3 heterocycles. The Balaban J connectivity index is 2.24. The van der Waals surface area contributed by atoms with Crippen LogP contribution in [-0.4, -0.2) is 15.1 Å². The fraction of sp³-hybridized carbons (Fsp3) is 0.231. The molecule has 0 aliphatic heterocycles. The number of H-pyrrole nitrogens is 1. The van der Waals surface area contributed by atoms with E-state index in [1.54, 1.807) is 0 Å². The number of aromatic nitrogens is 3. The number of pyridine rings is 1. The molecule has 92 valence electrons. The molecule has 0 fully saturated rings. The first-order valence-electron chi connectivity index (χ1n) is 5.66. The Kier molecular flexibility index (Phi) is 2.85. The van der Waals surface area contributed by atoms with Gasteiger partial charge in [0, 0.05) is 33.3 Å². The molecule has 0 aromatic carbocycles. The van der Waals surface area contributed by atoms with E-state index in [9.17, 15) is 0 Å². The van der Waals surface area contributed by atoms with Gasteiger partial charge >= 0.3 is 0 Å². The normalized spacial score (nSPS) is 11.3. The van der Waals surface area contributed by atoms with Crippen LogP contribution < -0.4 is 0 Å². The quantitative estimate of drug-likeness (QED) is 0.564. The molecule has 0 unspecified atom stereocenters. The number of rotatable bonds is 2. The van der Waals surface area contributed by atoms with E-state index in [4.69, 9.17) is 4.52 Å². The van der Waals surface area contributed by atoms with Crippen LogP contribution in [0.2, 0.25) is 0 Å². The number of nitrogens with zero attached hydrogens (tertiary/aromatic N) is 2. The number of aromatic amines is 1. The summed E-state index contributed by atoms with van der Waals surface area (Å²) < 4.78 is 6.18. The lowest BCUT2D eigenvalue weighted by Crippen LogP contribution is -1.85. The molecule has 0 saturated carbocycles. The average molecular weight is 353 g/mol. The Morgan fingerprint density at radius 3 is 2.89 bits per heavy atom. The van der Waals surface area contributed by atoms with Crippen molar-refractivity contribution in [2.24, 2.45) is 0 Å². The minimum Gasteiger partial charge on any atom is -0.361 e. The second-order valence-electron chi connectivity index (χ2n) is 4.27. The van der Waals surface area contributed by atoms with Crippen LogP contribution in [0.15, 0.2) is 23.0 Å². The zero-order chi connectivity index (χ0) is 12.7. The van der Waals surface area contributed by atoms with E-state index in [0.717, 1.165) is 32.7 Å². The maximum absolute atomic E-state index is 5.21. The molecule has 0 aliphatic rings. The Hall–Kier alpha value is -1.37. The number of fused-ring (bicyclic) bond motifs is 1. The molecular weight excluding hydrogens is 341 g/mol. The summed E-state index contributed by atoms with van der Waals surface area (Å²) in [6.07, 6.45) is 3.88. The Labute approximate surface area is 118 Å². The van der Waals surface area contributed by atoms with Crippen molar-refractivity contribution in [1.29, 1.82) is 0 Å². The molecule has 0 atom stereocenters. The fourth-order valence-corrected chi connectivity index (χ4v) is 2.83. The van der Waals surface area contributed by atoms with Gasteiger partial charge in [0.25, 0.3) is 0 Å². The summed E-state index contributed by atoms with van der Waals surface area (Å²) in [6.45, 7) is 3.88. The Morgan fingerprint density at radius 2 is 2.22 bits per heavy atom. The molecule has 3 aromatic heterocycles. The Bertz CT molecular complexity index is 695. The minimum absolute atomic E-state index is 0.834. The number of hydrogen-bond donors (Lipinski definition) is 1. The van der Waals surface area contributed by atoms with Gasteiger partial charge in [-0.15, -0.1) is 0 Å². The van der Waals surface area contributed by atoms with Gasteiger partial charge in [-0.3, -0.25) is 0 Å². The highest BCUT2D eigenvalue weighted by molar-refractivity contribution is 14.1. The van der Waals surface area contributed by atoms with E-state index in [1.165, 1.54) is 10.9 Å². The molecule has 0 radical (unpaired) electrons. The zero-order valence-electron chi connectivity index (χ0n) is 10.1. The van der Waals surface area contributed by atoms with Crippen LogP contribution in [0.5, 0.6) is 0 Å². The van der Waals surface area contributed by atoms with Crippen LogP contribution in [0.1, 0.15) is 17.0 Å². The fourth-order valence-electron chi connectivity index (χ4n) is 2.20. The highest BCUT2D eigenvalue weighted by Gasteiger charge is 2.13. The monoisotopic (exact) mass is 353 g/mol. The smallest absolute Gasteiger partial charge is 0.141 e. The van der Waals surface area contributed by atoms with Gasteiger partial charge in [0.2, 0.25) is 0 Å². The highest BCUT2D eigenvalue weighted by atomic mass is 127. The van der Waals surface area contributed by atoms with Gasteiger partial charge in [-0.2, -0.15) is 0 Å². The summed E-state index contributed by atoms with van der Waals surface area (Å²) in [5, 5.41) is 5.16. The van der Waals surface area contributed by atoms with Crippen molar-refractivity contribution in [3.8, 4) is 11.1 Å². The summed E-state index contributed by atoms with van der Waals surface area (Å²) in [4.78, 5) is 7.65. The first-order chi connectivity index (χ1) is 8.70. The molecular formula is C13H12IN3O. The third-order valence-corrected chi connectivity index (χ3v) is 3.90. The van der Waals surface area contributed by atoms with Crippen LogP contribution in [-0.2, 0) is 4.43 Å². The second-order valence-corrected chi connectivity index (χ2v) is 5.03. The predicted octanol–water partition coefficient (Wildman–Crippen LogP) is 3.77. The molecule has 0 amide bonds. The van der Waals surface area contributed by atoms with Crippen molar-refractivity contribution in [1.82, 2.24) is 15.1 Å². The largest absolute Gasteiger partial charge is 0.361 e. The molecule has 3 rings (SSSR count). The van der Waals surface area contributed by atoms with Crippen molar-refractivity contribution in [3.05, 3.63) is 35.5 Å². The van der Waals surface area contributed by atoms with E-state index in [1.807, 2.05) is 26.2 Å². The second kappa shape index (κ2) is 4.38. The Morgan fingerprint density at radius 1 is 1.39 bits per heavy atom. The number of halogens is 1. The van der Waals surface area contributed by atoms with Crippen molar-refractivity contribution in [3.63, 3.8) is 0 Å². The van der Waals surface area contributed by atoms with Crippen molar-refractivity contribution >= 4 is 33.6 Å². The van der Waals surface area contributed by atoms with E-state index >= 15 is 0 Å². The third kappa shape index (κ3) is 1.73. The summed E-state index contributed by atoms with van der Waals surface area (Å²) in [7, 11) is 0. The van der Waals surface area contributed by atoms with Crippen molar-refractivity contribution in [2.45, 2.75) is 18.3 Å². The van der Waals surface area contributed by atoms with E-state index in [-0.39, 0.29) is 0 Å². The molecule has 4 nitrogen and oxygen atoms in total. The van der Waals surface area contributed by atoms with Gasteiger partial charge in [0.1, 0.15) is 11.4 Å². The molecule has 0 spiro atoms. The van der Waals surface area contributed by atoms with E-state index in [0.29, 0.717) is 0 Å². The first-order valence-corrected chi connectivity index (χ1v) is 7.18. The van der Waals surface area contributed by atoms with E-state index < -0.39 is 0 Å². The molecule has 5 heteroatoms. The predicted molar refractivity (Wildman–Crippen MR) is 78.8 cm³/mol. The summed E-state index contributed by atoms with van der Waals surface area (Å²) in [6, 6.07) is 2.15. The number of aryl methyl sites for hydroxylation is 2. The molecule has 1 N–H and O–H groups in total. The van der Waals surface area contributed by atoms with Gasteiger partial charge in [0.15, 0.2) is 0 Å². The summed E-state index contributed by atoms with van der Waals surface area (Å²) in [5.74, 6) is 0.834. The SMILES string of the molecule is Cc1noc(C)c1-c1cnc2[nH]cc(CI)c2c1. The lowest BCUT2D eigenvalue weighted by atomic mass is 10.0. The number of hydrogen-bond acceptors (Lipinski definition) is 3. The van der Waals surface area contributed by atoms with E-state index in [2.05, 4.69) is 43.8 Å². The lowest BCUT2D eigenvalue weighted by molar-refractivity contribution is 0.393. The van der Waals surface area contributed by atoms with Crippen LogP contribution in [0, 0.1) is 13.8 Å². The van der Waals surface area contributed by atoms with Gasteiger partial charge in [0.05, 0.1) is 5.69 Å². The molecule has 3 aromatic rings. The summed E-state index contributed by atoms with van der Waals surface area (Å²) in [5.41, 5.74) is 5.21. The van der Waals surface area contributed by atoms with Crippen LogP contribution >= 0.6 is 22.6 Å². The number of alkyl halides is 1. The molecule has 0 aliphatic carbocycles. The number of nitrogens with one attached hydrogen (secondary N) is 1. The standard InChI is InChI=1S/C13H12IN3O/c1-7-12(8(2)18-17-7)9-3-11-10(4-14)6-16-13(11)15-5-9/h3,5-6H,4H2,1-2H3,(H,15,16). The van der Waals surface area contributed by atoms with Crippen LogP contribution in [0.25, 0.3) is 22.2 Å². The third-order valence-electron chi connectivity index (χ3n) is 3.08. The van der Waals surface area contributed by atoms with Crippen molar-refractivity contribution < 1.29 is 4.52 Å². The molecule has 18 heavy (non-hydrogen) atoms. The van der Waals surface area contributed by atoms with Gasteiger partial charge in [-0.1, -0.05) is 27.7 Å². The van der Waals surface area contributed by atoms with Gasteiger partial charge in [-0.05, 0) is 25.5 Å². The molecule has 0 saturated heterocycles. The summed E-state index contributed by atoms with van der Waals surface area (Å²) >= 11 is 2.36. The van der Waals surface area contributed by atoms with Crippen molar-refractivity contribution in [2.75, 3.05) is 0 Å². The molecule has 0 bridgehead atoms. The van der Waals surface area contributed by atoms with Gasteiger partial charge < -0.3 is 9.51 Å². The van der Waals surface area contributed by atoms with Gasteiger partial charge in [-0.25, -0.2) is 4.98 Å². The maximum atomic E-state index is 5.21.